The Balaban J connectivity index is 0.00000312. The number of nitrogens with zero attached hydrogens (tertiary/aromatic N) is 2. The second kappa shape index (κ2) is 12.4. The number of rotatable bonds is 6. The van der Waals surface area contributed by atoms with Gasteiger partial charge in [-0.05, 0) is 18.4 Å². The molecule has 1 saturated heterocycles. The zero-order valence-corrected chi connectivity index (χ0v) is 18.2. The van der Waals surface area contributed by atoms with Crippen molar-refractivity contribution in [3.63, 3.8) is 0 Å². The second-order valence-corrected chi connectivity index (χ2v) is 7.24. The minimum atomic E-state index is 0. The van der Waals surface area contributed by atoms with E-state index in [-0.39, 0.29) is 36.4 Å². The summed E-state index contributed by atoms with van der Waals surface area (Å²) < 4.78 is 0. The monoisotopic (exact) mass is 476 g/mol. The Hall–Kier alpha value is -0.960. The minimum Gasteiger partial charge on any atom is -0.354 e. The van der Waals surface area contributed by atoms with Crippen LogP contribution in [-0.2, 0) is 11.2 Å². The Morgan fingerprint density at radius 2 is 2.08 bits per heavy atom. The van der Waals surface area contributed by atoms with Crippen molar-refractivity contribution in [3.8, 4) is 0 Å². The SMILES string of the molecule is CCC1CN(C(=NC)NCC(=O)NCCc2ccccc2)CCS1.I. The Morgan fingerprint density at radius 3 is 2.76 bits per heavy atom. The molecule has 0 aromatic heterocycles. The van der Waals surface area contributed by atoms with E-state index in [0.717, 1.165) is 37.6 Å². The lowest BCUT2D eigenvalue weighted by Gasteiger charge is -2.34. The number of guanidine groups is 1. The van der Waals surface area contributed by atoms with Gasteiger partial charge in [-0.15, -0.1) is 24.0 Å². The molecule has 0 aliphatic carbocycles. The summed E-state index contributed by atoms with van der Waals surface area (Å²) in [6.45, 7) is 5.12. The molecule has 0 bridgehead atoms. The van der Waals surface area contributed by atoms with E-state index in [4.69, 9.17) is 0 Å². The van der Waals surface area contributed by atoms with E-state index >= 15 is 0 Å². The Labute approximate surface area is 172 Å². The molecule has 5 nitrogen and oxygen atoms in total. The number of benzene rings is 1. The predicted molar refractivity (Wildman–Crippen MR) is 118 cm³/mol. The average molecular weight is 476 g/mol. The van der Waals surface area contributed by atoms with Crippen LogP contribution in [0.25, 0.3) is 0 Å². The maximum Gasteiger partial charge on any atom is 0.239 e. The van der Waals surface area contributed by atoms with Gasteiger partial charge in [-0.2, -0.15) is 11.8 Å². The van der Waals surface area contributed by atoms with Gasteiger partial charge in [-0.25, -0.2) is 0 Å². The molecular weight excluding hydrogens is 447 g/mol. The molecule has 1 unspecified atom stereocenters. The first-order chi connectivity index (χ1) is 11.7. The van der Waals surface area contributed by atoms with Crippen LogP contribution in [0.5, 0.6) is 0 Å². The zero-order valence-electron chi connectivity index (χ0n) is 15.0. The van der Waals surface area contributed by atoms with Crippen molar-refractivity contribution in [1.29, 1.82) is 0 Å². The molecule has 1 fully saturated rings. The molecule has 0 radical (unpaired) electrons. The number of amides is 1. The number of carbonyl (C=O) groups is 1. The summed E-state index contributed by atoms with van der Waals surface area (Å²) in [6, 6.07) is 10.2. The van der Waals surface area contributed by atoms with Crippen molar-refractivity contribution in [2.24, 2.45) is 4.99 Å². The van der Waals surface area contributed by atoms with Crippen molar-refractivity contribution < 1.29 is 4.79 Å². The van der Waals surface area contributed by atoms with E-state index in [9.17, 15) is 4.79 Å². The van der Waals surface area contributed by atoms with Crippen LogP contribution in [-0.4, -0.2) is 61.0 Å². The molecule has 1 heterocycles. The maximum atomic E-state index is 12.0. The third kappa shape index (κ3) is 7.85. The standard InChI is InChI=1S/C18H28N4OS.HI/c1-3-16-14-22(11-12-24-16)18(19-2)21-13-17(23)20-10-9-15-7-5-4-6-8-15;/h4-8,16H,3,9-14H2,1-2H3,(H,19,21)(H,20,23);1H. The molecule has 1 aliphatic heterocycles. The van der Waals surface area contributed by atoms with Crippen LogP contribution in [0.3, 0.4) is 0 Å². The van der Waals surface area contributed by atoms with E-state index in [1.54, 1.807) is 7.05 Å². The van der Waals surface area contributed by atoms with Crippen LogP contribution in [0.15, 0.2) is 35.3 Å². The predicted octanol–water partition coefficient (Wildman–Crippen LogP) is 2.37. The Kier molecular flexibility index (Phi) is 11.0. The summed E-state index contributed by atoms with van der Waals surface area (Å²) >= 11 is 2.02. The molecule has 2 rings (SSSR count). The van der Waals surface area contributed by atoms with E-state index in [1.165, 1.54) is 5.56 Å². The van der Waals surface area contributed by atoms with Gasteiger partial charge in [0.05, 0.1) is 6.54 Å². The molecule has 1 amide bonds. The van der Waals surface area contributed by atoms with Crippen LogP contribution in [0.2, 0.25) is 0 Å². The van der Waals surface area contributed by atoms with Crippen molar-refractivity contribution in [2.75, 3.05) is 39.0 Å². The number of hydrogen-bond acceptors (Lipinski definition) is 3. The fourth-order valence-corrected chi connectivity index (χ4v) is 3.88. The van der Waals surface area contributed by atoms with Crippen molar-refractivity contribution in [2.45, 2.75) is 25.0 Å². The van der Waals surface area contributed by atoms with E-state index in [2.05, 4.69) is 39.6 Å². The highest BCUT2D eigenvalue weighted by Crippen LogP contribution is 2.20. The number of aliphatic imine (C=N–C) groups is 1. The largest absolute Gasteiger partial charge is 0.354 e. The van der Waals surface area contributed by atoms with Crippen LogP contribution in [0, 0.1) is 0 Å². The molecule has 2 N–H and O–H groups in total. The van der Waals surface area contributed by atoms with Crippen LogP contribution >= 0.6 is 35.7 Å². The van der Waals surface area contributed by atoms with Crippen molar-refractivity contribution in [1.82, 2.24) is 15.5 Å². The molecular formula is C18H29IN4OS. The molecule has 25 heavy (non-hydrogen) atoms. The smallest absolute Gasteiger partial charge is 0.239 e. The lowest BCUT2D eigenvalue weighted by molar-refractivity contribution is -0.120. The third-order valence-electron chi connectivity index (χ3n) is 4.09. The second-order valence-electron chi connectivity index (χ2n) is 5.83. The van der Waals surface area contributed by atoms with Gasteiger partial charge in [0, 0.05) is 37.7 Å². The molecule has 1 aromatic carbocycles. The summed E-state index contributed by atoms with van der Waals surface area (Å²) in [5, 5.41) is 6.79. The highest BCUT2D eigenvalue weighted by molar-refractivity contribution is 14.0. The Bertz CT molecular complexity index is 541. The van der Waals surface area contributed by atoms with Gasteiger partial charge < -0.3 is 15.5 Å². The third-order valence-corrected chi connectivity index (χ3v) is 5.46. The normalized spacial score (nSPS) is 17.6. The summed E-state index contributed by atoms with van der Waals surface area (Å²) in [6.07, 6.45) is 2.01. The van der Waals surface area contributed by atoms with Gasteiger partial charge in [0.15, 0.2) is 5.96 Å². The number of hydrogen-bond donors (Lipinski definition) is 2. The molecule has 1 aliphatic rings. The fraction of sp³-hybridized carbons (Fsp3) is 0.556. The Morgan fingerprint density at radius 1 is 1.32 bits per heavy atom. The summed E-state index contributed by atoms with van der Waals surface area (Å²) in [4.78, 5) is 18.6. The molecule has 1 atom stereocenters. The molecule has 7 heteroatoms. The quantitative estimate of drug-likeness (QED) is 0.376. The fourth-order valence-electron chi connectivity index (χ4n) is 2.70. The summed E-state index contributed by atoms with van der Waals surface area (Å²) in [7, 11) is 1.78. The molecule has 140 valence electrons. The van der Waals surface area contributed by atoms with Gasteiger partial charge >= 0.3 is 0 Å². The first kappa shape index (κ1) is 22.1. The lowest BCUT2D eigenvalue weighted by Crippen LogP contribution is -2.50. The van der Waals surface area contributed by atoms with Crippen LogP contribution in [0.1, 0.15) is 18.9 Å². The topological polar surface area (TPSA) is 56.7 Å². The van der Waals surface area contributed by atoms with Gasteiger partial charge in [0.25, 0.3) is 0 Å². The average Bonchev–Trinajstić information content (AvgIpc) is 2.63. The molecule has 1 aromatic rings. The lowest BCUT2D eigenvalue weighted by atomic mass is 10.1. The summed E-state index contributed by atoms with van der Waals surface area (Å²) in [5.74, 6) is 1.94. The van der Waals surface area contributed by atoms with E-state index in [0.29, 0.717) is 11.8 Å². The van der Waals surface area contributed by atoms with Crippen LogP contribution < -0.4 is 10.6 Å². The van der Waals surface area contributed by atoms with E-state index in [1.807, 2.05) is 30.0 Å². The van der Waals surface area contributed by atoms with Crippen molar-refractivity contribution >= 4 is 47.6 Å². The summed E-state index contributed by atoms with van der Waals surface area (Å²) in [5.41, 5.74) is 1.23. The van der Waals surface area contributed by atoms with Crippen molar-refractivity contribution in [3.05, 3.63) is 35.9 Å². The van der Waals surface area contributed by atoms with Gasteiger partial charge in [0.2, 0.25) is 5.91 Å². The van der Waals surface area contributed by atoms with Gasteiger partial charge in [-0.3, -0.25) is 9.79 Å². The first-order valence-corrected chi connectivity index (χ1v) is 9.65. The van der Waals surface area contributed by atoms with E-state index < -0.39 is 0 Å². The van der Waals surface area contributed by atoms with Gasteiger partial charge in [0.1, 0.15) is 0 Å². The minimum absolute atomic E-state index is 0. The first-order valence-electron chi connectivity index (χ1n) is 8.60. The maximum absolute atomic E-state index is 12.0. The highest BCUT2D eigenvalue weighted by Gasteiger charge is 2.21. The molecule has 0 spiro atoms. The van der Waals surface area contributed by atoms with Gasteiger partial charge in [-0.1, -0.05) is 37.3 Å². The number of halogens is 1. The van der Waals surface area contributed by atoms with Crippen LogP contribution in [0.4, 0.5) is 0 Å². The number of nitrogens with one attached hydrogen (secondary N) is 2. The number of thioether (sulfide) groups is 1. The molecule has 0 saturated carbocycles. The number of carbonyl (C=O) groups excluding carboxylic acids is 1. The zero-order chi connectivity index (χ0) is 17.2. The highest BCUT2D eigenvalue weighted by atomic mass is 127.